The number of aliphatic imine (C=N–C) groups is 1. The lowest BCUT2D eigenvalue weighted by Gasteiger charge is -2.27. The van der Waals surface area contributed by atoms with E-state index in [1.807, 2.05) is 18.2 Å². The first-order valence-electron chi connectivity index (χ1n) is 9.28. The lowest BCUT2D eigenvalue weighted by molar-refractivity contribution is 0.297. The molecule has 2 aromatic rings. The third-order valence-corrected chi connectivity index (χ3v) is 4.92. The van der Waals surface area contributed by atoms with Crippen LogP contribution in [0.3, 0.4) is 0 Å². The fourth-order valence-corrected chi connectivity index (χ4v) is 3.55. The molecule has 2 aromatic carbocycles. The number of fused-ring (bicyclic) bond motifs is 2. The van der Waals surface area contributed by atoms with Gasteiger partial charge in [-0.3, -0.25) is 4.99 Å². The minimum atomic E-state index is 0.386. The Morgan fingerprint density at radius 3 is 2.69 bits per heavy atom. The van der Waals surface area contributed by atoms with Crippen LogP contribution in [0.1, 0.15) is 24.0 Å². The Balaban J connectivity index is 1.42. The summed E-state index contributed by atoms with van der Waals surface area (Å²) in [5.74, 6) is 2.37. The Kier molecular flexibility index (Phi) is 4.95. The van der Waals surface area contributed by atoms with E-state index in [1.54, 1.807) is 7.05 Å². The van der Waals surface area contributed by atoms with E-state index < -0.39 is 0 Å². The Morgan fingerprint density at radius 1 is 1.04 bits per heavy atom. The van der Waals surface area contributed by atoms with Gasteiger partial charge in [0.1, 0.15) is 0 Å². The van der Waals surface area contributed by atoms with Gasteiger partial charge >= 0.3 is 0 Å². The molecule has 0 radical (unpaired) electrons. The van der Waals surface area contributed by atoms with Crippen molar-refractivity contribution < 1.29 is 9.47 Å². The molecule has 0 spiro atoms. The standard InChI is InChI=1S/C21H25N3O2/c1-22-21(23-17-8-7-15-5-2-3-6-16(15)13-17)24-18-9-10-19-20(14-18)26-12-4-11-25-19/h2-3,5-6,9-10,14,17H,4,7-8,11-13H2,1H3,(H2,22,23,24). The summed E-state index contributed by atoms with van der Waals surface area (Å²) in [6.07, 6.45) is 4.15. The van der Waals surface area contributed by atoms with Crippen LogP contribution in [0.4, 0.5) is 5.69 Å². The summed E-state index contributed by atoms with van der Waals surface area (Å²) in [6, 6.07) is 15.0. The second-order valence-corrected chi connectivity index (χ2v) is 6.76. The van der Waals surface area contributed by atoms with Crippen molar-refractivity contribution in [1.82, 2.24) is 5.32 Å². The first kappa shape index (κ1) is 16.8. The van der Waals surface area contributed by atoms with E-state index in [1.165, 1.54) is 11.1 Å². The fourth-order valence-electron chi connectivity index (χ4n) is 3.55. The first-order valence-corrected chi connectivity index (χ1v) is 9.28. The summed E-state index contributed by atoms with van der Waals surface area (Å²) >= 11 is 0. The van der Waals surface area contributed by atoms with E-state index in [0.717, 1.165) is 48.8 Å². The van der Waals surface area contributed by atoms with Crippen molar-refractivity contribution in [2.75, 3.05) is 25.6 Å². The van der Waals surface area contributed by atoms with Crippen LogP contribution in [-0.2, 0) is 12.8 Å². The van der Waals surface area contributed by atoms with E-state index >= 15 is 0 Å². The monoisotopic (exact) mass is 351 g/mol. The van der Waals surface area contributed by atoms with Crippen LogP contribution in [-0.4, -0.2) is 32.3 Å². The van der Waals surface area contributed by atoms with Crippen LogP contribution in [0, 0.1) is 0 Å². The molecule has 0 fully saturated rings. The SMILES string of the molecule is CN=C(Nc1ccc2c(c1)OCCCO2)NC1CCc2ccccc2C1. The van der Waals surface area contributed by atoms with Gasteiger partial charge in [0.15, 0.2) is 17.5 Å². The number of hydrogen-bond acceptors (Lipinski definition) is 3. The summed E-state index contributed by atoms with van der Waals surface area (Å²) in [5.41, 5.74) is 3.84. The average molecular weight is 351 g/mol. The summed E-state index contributed by atoms with van der Waals surface area (Å²) in [4.78, 5) is 4.39. The normalized spacial score (nSPS) is 19.3. The van der Waals surface area contributed by atoms with Crippen molar-refractivity contribution in [3.05, 3.63) is 53.6 Å². The quantitative estimate of drug-likeness (QED) is 0.643. The van der Waals surface area contributed by atoms with Crippen molar-refractivity contribution in [1.29, 1.82) is 0 Å². The van der Waals surface area contributed by atoms with Crippen LogP contribution in [0.5, 0.6) is 11.5 Å². The Morgan fingerprint density at radius 2 is 1.85 bits per heavy atom. The number of ether oxygens (including phenoxy) is 2. The minimum Gasteiger partial charge on any atom is -0.490 e. The van der Waals surface area contributed by atoms with Crippen LogP contribution in [0.2, 0.25) is 0 Å². The molecule has 1 aliphatic carbocycles. The number of aryl methyl sites for hydroxylation is 1. The number of nitrogens with one attached hydrogen (secondary N) is 2. The smallest absolute Gasteiger partial charge is 0.195 e. The van der Waals surface area contributed by atoms with Crippen LogP contribution in [0.25, 0.3) is 0 Å². The molecule has 0 bridgehead atoms. The third-order valence-electron chi connectivity index (χ3n) is 4.92. The minimum absolute atomic E-state index is 0.386. The molecule has 0 saturated heterocycles. The molecule has 1 atom stereocenters. The highest BCUT2D eigenvalue weighted by Gasteiger charge is 2.19. The van der Waals surface area contributed by atoms with Crippen molar-refractivity contribution >= 4 is 11.6 Å². The van der Waals surface area contributed by atoms with Crippen molar-refractivity contribution in [3.8, 4) is 11.5 Å². The summed E-state index contributed by atoms with van der Waals surface area (Å²) < 4.78 is 11.5. The molecular formula is C21H25N3O2. The average Bonchev–Trinajstić information content (AvgIpc) is 2.92. The molecule has 4 rings (SSSR count). The van der Waals surface area contributed by atoms with Gasteiger partial charge in [0.2, 0.25) is 0 Å². The number of hydrogen-bond donors (Lipinski definition) is 2. The summed E-state index contributed by atoms with van der Waals surface area (Å²) in [5, 5.41) is 6.93. The van der Waals surface area contributed by atoms with Gasteiger partial charge in [-0.25, -0.2) is 0 Å². The zero-order valence-electron chi connectivity index (χ0n) is 15.1. The van der Waals surface area contributed by atoms with E-state index in [0.29, 0.717) is 19.3 Å². The van der Waals surface area contributed by atoms with Gasteiger partial charge in [0.25, 0.3) is 0 Å². The van der Waals surface area contributed by atoms with Gasteiger partial charge in [-0.1, -0.05) is 24.3 Å². The molecule has 5 heteroatoms. The Hall–Kier alpha value is -2.69. The zero-order chi connectivity index (χ0) is 17.8. The maximum Gasteiger partial charge on any atom is 0.195 e. The largest absolute Gasteiger partial charge is 0.490 e. The molecule has 1 heterocycles. The molecule has 0 saturated carbocycles. The zero-order valence-corrected chi connectivity index (χ0v) is 15.1. The highest BCUT2D eigenvalue weighted by molar-refractivity contribution is 5.94. The molecule has 1 unspecified atom stereocenters. The van der Waals surface area contributed by atoms with Crippen molar-refractivity contribution in [2.24, 2.45) is 4.99 Å². The van der Waals surface area contributed by atoms with Gasteiger partial charge in [0, 0.05) is 31.3 Å². The number of guanidine groups is 1. The van der Waals surface area contributed by atoms with Gasteiger partial charge < -0.3 is 20.1 Å². The number of benzene rings is 2. The second kappa shape index (κ2) is 7.68. The van der Waals surface area contributed by atoms with E-state index in [2.05, 4.69) is 39.9 Å². The molecule has 26 heavy (non-hydrogen) atoms. The number of rotatable bonds is 2. The van der Waals surface area contributed by atoms with Crippen LogP contribution < -0.4 is 20.1 Å². The molecular weight excluding hydrogens is 326 g/mol. The Bertz CT molecular complexity index is 804. The van der Waals surface area contributed by atoms with Gasteiger partial charge in [-0.05, 0) is 42.5 Å². The summed E-state index contributed by atoms with van der Waals surface area (Å²) in [7, 11) is 1.80. The second-order valence-electron chi connectivity index (χ2n) is 6.76. The highest BCUT2D eigenvalue weighted by Crippen LogP contribution is 2.32. The van der Waals surface area contributed by atoms with Crippen LogP contribution >= 0.6 is 0 Å². The maximum absolute atomic E-state index is 5.77. The summed E-state index contributed by atoms with van der Waals surface area (Å²) in [6.45, 7) is 1.39. The van der Waals surface area contributed by atoms with Gasteiger partial charge in [-0.15, -0.1) is 0 Å². The van der Waals surface area contributed by atoms with E-state index in [9.17, 15) is 0 Å². The number of anilines is 1. The van der Waals surface area contributed by atoms with Gasteiger partial charge in [-0.2, -0.15) is 0 Å². The van der Waals surface area contributed by atoms with E-state index in [-0.39, 0.29) is 0 Å². The lowest BCUT2D eigenvalue weighted by atomic mass is 9.88. The highest BCUT2D eigenvalue weighted by atomic mass is 16.5. The van der Waals surface area contributed by atoms with E-state index in [4.69, 9.17) is 9.47 Å². The Labute approximate surface area is 154 Å². The molecule has 1 aliphatic heterocycles. The predicted octanol–water partition coefficient (Wildman–Crippen LogP) is 3.39. The molecule has 136 valence electrons. The molecule has 2 aliphatic rings. The topological polar surface area (TPSA) is 54.9 Å². The molecule has 0 aromatic heterocycles. The molecule has 0 amide bonds. The first-order chi connectivity index (χ1) is 12.8. The maximum atomic E-state index is 5.77. The fraction of sp³-hybridized carbons (Fsp3) is 0.381. The predicted molar refractivity (Wildman–Crippen MR) is 104 cm³/mol. The third kappa shape index (κ3) is 3.77. The van der Waals surface area contributed by atoms with Crippen LogP contribution in [0.15, 0.2) is 47.5 Å². The molecule has 5 nitrogen and oxygen atoms in total. The van der Waals surface area contributed by atoms with Crippen molar-refractivity contribution in [2.45, 2.75) is 31.7 Å². The lowest BCUT2D eigenvalue weighted by Crippen LogP contribution is -2.42. The van der Waals surface area contributed by atoms with Gasteiger partial charge in [0.05, 0.1) is 13.2 Å². The molecule has 2 N–H and O–H groups in total. The van der Waals surface area contributed by atoms with Crippen molar-refractivity contribution in [3.63, 3.8) is 0 Å². The number of nitrogens with zero attached hydrogens (tertiary/aromatic N) is 1.